The number of benzene rings is 1. The Hall–Kier alpha value is -0.840. The van der Waals surface area contributed by atoms with Crippen molar-refractivity contribution in [3.05, 3.63) is 51.6 Å². The van der Waals surface area contributed by atoms with Gasteiger partial charge in [-0.2, -0.15) is 0 Å². The van der Waals surface area contributed by atoms with Crippen molar-refractivity contribution in [2.45, 2.75) is 30.3 Å². The van der Waals surface area contributed by atoms with Crippen LogP contribution in [0.1, 0.15) is 16.8 Å². The van der Waals surface area contributed by atoms with Crippen LogP contribution < -0.4 is 5.73 Å². The zero-order valence-corrected chi connectivity index (χ0v) is 12.8. The summed E-state index contributed by atoms with van der Waals surface area (Å²) in [5, 5.41) is 1.02. The fourth-order valence-corrected chi connectivity index (χ4v) is 3.25. The molecule has 18 heavy (non-hydrogen) atoms. The summed E-state index contributed by atoms with van der Waals surface area (Å²) in [7, 11) is 0. The Bertz CT molecular complexity index is 549. The van der Waals surface area contributed by atoms with Gasteiger partial charge in [0.25, 0.3) is 0 Å². The largest absolute Gasteiger partial charge is 0.326 e. The van der Waals surface area contributed by atoms with E-state index in [1.54, 1.807) is 11.8 Å². The lowest BCUT2D eigenvalue weighted by Gasteiger charge is -2.08. The number of aromatic nitrogens is 1. The highest BCUT2D eigenvalue weighted by Gasteiger charge is 2.06. The minimum atomic E-state index is 0.534. The maximum Gasteiger partial charge on any atom is 0.101 e. The summed E-state index contributed by atoms with van der Waals surface area (Å²) in [6, 6.07) is 10.3. The number of aryl methyl sites for hydroxylation is 2. The molecule has 0 atom stereocenters. The van der Waals surface area contributed by atoms with E-state index in [1.807, 2.05) is 13.0 Å². The van der Waals surface area contributed by atoms with Crippen molar-refractivity contribution < 1.29 is 0 Å². The molecule has 0 spiro atoms. The van der Waals surface area contributed by atoms with Gasteiger partial charge in [-0.3, -0.25) is 0 Å². The second-order valence-electron chi connectivity index (χ2n) is 4.18. The van der Waals surface area contributed by atoms with Crippen LogP contribution in [0.5, 0.6) is 0 Å². The van der Waals surface area contributed by atoms with E-state index in [0.717, 1.165) is 20.8 Å². The van der Waals surface area contributed by atoms with E-state index in [2.05, 4.69) is 52.1 Å². The molecule has 1 heterocycles. The van der Waals surface area contributed by atoms with Crippen LogP contribution in [0.4, 0.5) is 0 Å². The first-order chi connectivity index (χ1) is 8.58. The van der Waals surface area contributed by atoms with E-state index in [9.17, 15) is 0 Å². The predicted octanol–water partition coefficient (Wildman–Crippen LogP) is 4.07. The van der Waals surface area contributed by atoms with Gasteiger partial charge in [-0.05, 0) is 55.3 Å². The molecule has 0 radical (unpaired) electrons. The molecule has 2 aromatic rings. The molecule has 1 aromatic heterocycles. The quantitative estimate of drug-likeness (QED) is 0.925. The molecule has 0 saturated carbocycles. The number of pyridine rings is 1. The van der Waals surface area contributed by atoms with E-state index >= 15 is 0 Å². The Balaban J connectivity index is 2.33. The molecule has 0 aliphatic carbocycles. The number of nitrogens with zero attached hydrogens (tertiary/aromatic N) is 1. The molecule has 0 amide bonds. The van der Waals surface area contributed by atoms with Crippen LogP contribution in [0.3, 0.4) is 0 Å². The minimum absolute atomic E-state index is 0.534. The summed E-state index contributed by atoms with van der Waals surface area (Å²) in [5.41, 5.74) is 9.19. The molecule has 0 bridgehead atoms. The van der Waals surface area contributed by atoms with Crippen molar-refractivity contribution in [1.29, 1.82) is 0 Å². The Morgan fingerprint density at radius 2 is 2.00 bits per heavy atom. The molecular weight excluding hydrogens is 308 g/mol. The average molecular weight is 323 g/mol. The van der Waals surface area contributed by atoms with Gasteiger partial charge < -0.3 is 5.73 Å². The highest BCUT2D eigenvalue weighted by molar-refractivity contribution is 9.10. The fourth-order valence-electron chi connectivity index (χ4n) is 1.78. The van der Waals surface area contributed by atoms with Crippen molar-refractivity contribution in [2.75, 3.05) is 0 Å². The van der Waals surface area contributed by atoms with Crippen LogP contribution >= 0.6 is 27.7 Å². The van der Waals surface area contributed by atoms with E-state index < -0.39 is 0 Å². The van der Waals surface area contributed by atoms with Crippen LogP contribution in [0.2, 0.25) is 0 Å². The summed E-state index contributed by atoms with van der Waals surface area (Å²) in [6.07, 6.45) is 0. The van der Waals surface area contributed by atoms with E-state index in [4.69, 9.17) is 5.73 Å². The Labute approximate surface area is 120 Å². The van der Waals surface area contributed by atoms with Crippen LogP contribution in [0.25, 0.3) is 0 Å². The van der Waals surface area contributed by atoms with Gasteiger partial charge in [-0.25, -0.2) is 4.98 Å². The molecule has 2 rings (SSSR count). The summed E-state index contributed by atoms with van der Waals surface area (Å²) in [5.74, 6) is 0. The maximum absolute atomic E-state index is 5.78. The van der Waals surface area contributed by atoms with Gasteiger partial charge in [0.05, 0.1) is 0 Å². The van der Waals surface area contributed by atoms with Crippen molar-refractivity contribution in [3.8, 4) is 0 Å². The van der Waals surface area contributed by atoms with E-state index in [1.165, 1.54) is 10.5 Å². The van der Waals surface area contributed by atoms with Gasteiger partial charge in [0.1, 0.15) is 5.03 Å². The molecule has 2 nitrogen and oxygen atoms in total. The minimum Gasteiger partial charge on any atom is -0.326 e. The Morgan fingerprint density at radius 3 is 2.67 bits per heavy atom. The van der Waals surface area contributed by atoms with Gasteiger partial charge in [0.2, 0.25) is 0 Å². The third-order valence-electron chi connectivity index (χ3n) is 2.53. The lowest BCUT2D eigenvalue weighted by atomic mass is 10.2. The fraction of sp³-hybridized carbons (Fsp3) is 0.214. The Kier molecular flexibility index (Phi) is 4.43. The molecule has 2 N–H and O–H groups in total. The normalized spacial score (nSPS) is 10.7. The summed E-state index contributed by atoms with van der Waals surface area (Å²) < 4.78 is 1.06. The first-order valence-corrected chi connectivity index (χ1v) is 7.31. The van der Waals surface area contributed by atoms with Crippen molar-refractivity contribution in [2.24, 2.45) is 5.73 Å². The second-order valence-corrected chi connectivity index (χ2v) is 6.16. The van der Waals surface area contributed by atoms with Gasteiger partial charge in [0.15, 0.2) is 0 Å². The average Bonchev–Trinajstić information content (AvgIpc) is 2.30. The lowest BCUT2D eigenvalue weighted by molar-refractivity contribution is 1.01. The highest BCUT2D eigenvalue weighted by Crippen LogP contribution is 2.31. The lowest BCUT2D eigenvalue weighted by Crippen LogP contribution is -1.98. The third-order valence-corrected chi connectivity index (χ3v) is 4.06. The molecule has 0 aliphatic heterocycles. The number of halogens is 1. The van der Waals surface area contributed by atoms with Crippen molar-refractivity contribution in [1.82, 2.24) is 4.98 Å². The molecular formula is C14H15BrN2S. The van der Waals surface area contributed by atoms with Crippen LogP contribution in [0.15, 0.2) is 44.7 Å². The van der Waals surface area contributed by atoms with Crippen LogP contribution in [-0.4, -0.2) is 4.98 Å². The van der Waals surface area contributed by atoms with Crippen LogP contribution in [0, 0.1) is 13.8 Å². The summed E-state index contributed by atoms with van der Waals surface area (Å²) in [4.78, 5) is 5.70. The standard InChI is InChI=1S/C14H15BrN2S/c1-9-5-10(2)17-14(6-9)18-13-4-3-12(15)7-11(13)8-16/h3-7H,8,16H2,1-2H3. The molecule has 4 heteroatoms. The topological polar surface area (TPSA) is 38.9 Å². The van der Waals surface area contributed by atoms with Gasteiger partial charge >= 0.3 is 0 Å². The van der Waals surface area contributed by atoms with Crippen molar-refractivity contribution in [3.63, 3.8) is 0 Å². The zero-order valence-electron chi connectivity index (χ0n) is 10.4. The van der Waals surface area contributed by atoms with Gasteiger partial charge in [-0.15, -0.1) is 0 Å². The monoisotopic (exact) mass is 322 g/mol. The van der Waals surface area contributed by atoms with E-state index in [-0.39, 0.29) is 0 Å². The van der Waals surface area contributed by atoms with Crippen molar-refractivity contribution >= 4 is 27.7 Å². The number of hydrogen-bond acceptors (Lipinski definition) is 3. The molecule has 0 saturated heterocycles. The first-order valence-electron chi connectivity index (χ1n) is 5.70. The second kappa shape index (κ2) is 5.87. The predicted molar refractivity (Wildman–Crippen MR) is 79.9 cm³/mol. The SMILES string of the molecule is Cc1cc(C)nc(Sc2ccc(Br)cc2CN)c1. The number of hydrogen-bond donors (Lipinski definition) is 1. The zero-order chi connectivity index (χ0) is 13.1. The van der Waals surface area contributed by atoms with Crippen LogP contribution in [-0.2, 0) is 6.54 Å². The maximum atomic E-state index is 5.78. The highest BCUT2D eigenvalue weighted by atomic mass is 79.9. The molecule has 0 aliphatic rings. The van der Waals surface area contributed by atoms with Gasteiger partial charge in [-0.1, -0.05) is 27.7 Å². The van der Waals surface area contributed by atoms with E-state index in [0.29, 0.717) is 6.54 Å². The van der Waals surface area contributed by atoms with Gasteiger partial charge in [0, 0.05) is 21.6 Å². The molecule has 0 fully saturated rings. The smallest absolute Gasteiger partial charge is 0.101 e. The number of nitrogens with two attached hydrogens (primary N) is 1. The molecule has 1 aromatic carbocycles. The molecule has 0 unspecified atom stereocenters. The number of rotatable bonds is 3. The third kappa shape index (κ3) is 3.34. The first kappa shape index (κ1) is 13.6. The molecule has 94 valence electrons. The summed E-state index contributed by atoms with van der Waals surface area (Å²) in [6.45, 7) is 4.64. The summed E-state index contributed by atoms with van der Waals surface area (Å²) >= 11 is 5.13. The Morgan fingerprint density at radius 1 is 1.22 bits per heavy atom.